The van der Waals surface area contributed by atoms with E-state index in [-0.39, 0.29) is 0 Å². The number of fused-ring (bicyclic) bond motifs is 8. The third kappa shape index (κ3) is 4.50. The molecule has 0 bridgehead atoms. The Morgan fingerprint density at radius 2 is 0.800 bits per heavy atom. The fourth-order valence-electron chi connectivity index (χ4n) is 7.83. The molecule has 0 amide bonds. The zero-order valence-corrected chi connectivity index (χ0v) is 27.4. The maximum atomic E-state index is 2.48. The highest BCUT2D eigenvalue weighted by Gasteiger charge is 2.25. The summed E-state index contributed by atoms with van der Waals surface area (Å²) in [6.07, 6.45) is 0. The minimum absolute atomic E-state index is 1.11. The maximum Gasteiger partial charge on any atom is 0.0619 e. The summed E-state index contributed by atoms with van der Waals surface area (Å²) in [4.78, 5) is 2.38. The van der Waals surface area contributed by atoms with E-state index in [1.54, 1.807) is 0 Å². The molecule has 8 aromatic carbocycles. The standard InChI is InChI=1S/C48H32N2/c1-3-12-33(13-4-1)35-22-26-37(27-23-35)49(38-28-24-36(25-29-38)34-14-5-2-6-15-34)39-30-31-47-45(32-39)41-17-8-7-16-40(41)43-19-11-20-44-42-18-9-10-21-46(42)50(47)48(43)44/h1-32H. The summed E-state index contributed by atoms with van der Waals surface area (Å²) in [7, 11) is 0. The molecule has 10 rings (SSSR count). The molecule has 0 saturated heterocycles. The van der Waals surface area contributed by atoms with Gasteiger partial charge in [0.1, 0.15) is 0 Å². The molecule has 234 valence electrons. The van der Waals surface area contributed by atoms with E-state index in [2.05, 4.69) is 204 Å². The second-order valence-electron chi connectivity index (χ2n) is 13.0. The lowest BCUT2D eigenvalue weighted by atomic mass is 9.93. The summed E-state index contributed by atoms with van der Waals surface area (Å²) in [6.45, 7) is 0. The van der Waals surface area contributed by atoms with Gasteiger partial charge >= 0.3 is 0 Å². The van der Waals surface area contributed by atoms with Crippen LogP contribution in [-0.2, 0) is 0 Å². The Bertz CT molecular complexity index is 2590. The van der Waals surface area contributed by atoms with Gasteiger partial charge in [0.2, 0.25) is 0 Å². The van der Waals surface area contributed by atoms with Crippen molar-refractivity contribution in [2.75, 3.05) is 4.90 Å². The second kappa shape index (κ2) is 11.5. The Kier molecular flexibility index (Phi) is 6.53. The number of aromatic nitrogens is 1. The van der Waals surface area contributed by atoms with Crippen LogP contribution in [0.3, 0.4) is 0 Å². The Labute approximate surface area is 291 Å². The fourth-order valence-corrected chi connectivity index (χ4v) is 7.83. The third-order valence-corrected chi connectivity index (χ3v) is 10.1. The highest BCUT2D eigenvalue weighted by atomic mass is 15.1. The van der Waals surface area contributed by atoms with E-state index in [1.165, 1.54) is 72.0 Å². The molecule has 2 nitrogen and oxygen atoms in total. The van der Waals surface area contributed by atoms with Crippen molar-refractivity contribution in [3.8, 4) is 50.2 Å². The predicted octanol–water partition coefficient (Wildman–Crippen LogP) is 13.2. The minimum Gasteiger partial charge on any atom is -0.310 e. The first-order chi connectivity index (χ1) is 24.8. The van der Waals surface area contributed by atoms with Crippen molar-refractivity contribution in [1.29, 1.82) is 0 Å². The molecule has 1 aliphatic rings. The van der Waals surface area contributed by atoms with Crippen molar-refractivity contribution < 1.29 is 0 Å². The number of nitrogens with zero attached hydrogens (tertiary/aromatic N) is 2. The van der Waals surface area contributed by atoms with Gasteiger partial charge in [0.25, 0.3) is 0 Å². The molecule has 0 atom stereocenters. The fraction of sp³-hybridized carbons (Fsp3) is 0. The van der Waals surface area contributed by atoms with Crippen molar-refractivity contribution in [1.82, 2.24) is 4.57 Å². The molecule has 0 saturated carbocycles. The first-order valence-electron chi connectivity index (χ1n) is 17.2. The van der Waals surface area contributed by atoms with Crippen LogP contribution >= 0.6 is 0 Å². The molecule has 9 aromatic rings. The van der Waals surface area contributed by atoms with E-state index in [1.807, 2.05) is 0 Å². The average molecular weight is 637 g/mol. The minimum atomic E-state index is 1.11. The van der Waals surface area contributed by atoms with Gasteiger partial charge in [-0.15, -0.1) is 0 Å². The summed E-state index contributed by atoms with van der Waals surface area (Å²) in [5.74, 6) is 0. The van der Waals surface area contributed by atoms with Crippen molar-refractivity contribution in [2.24, 2.45) is 0 Å². The highest BCUT2D eigenvalue weighted by molar-refractivity contribution is 6.16. The molecule has 50 heavy (non-hydrogen) atoms. The van der Waals surface area contributed by atoms with Crippen LogP contribution in [0.15, 0.2) is 194 Å². The zero-order valence-electron chi connectivity index (χ0n) is 27.4. The topological polar surface area (TPSA) is 8.17 Å². The van der Waals surface area contributed by atoms with Crippen molar-refractivity contribution in [3.05, 3.63) is 194 Å². The molecule has 1 aliphatic heterocycles. The number of benzene rings is 8. The smallest absolute Gasteiger partial charge is 0.0619 e. The maximum absolute atomic E-state index is 2.48. The number of para-hydroxylation sites is 2. The molecule has 2 heteroatoms. The van der Waals surface area contributed by atoms with Crippen LogP contribution in [0.4, 0.5) is 17.1 Å². The normalized spacial score (nSPS) is 11.6. The highest BCUT2D eigenvalue weighted by Crippen LogP contribution is 2.48. The Balaban J connectivity index is 1.19. The van der Waals surface area contributed by atoms with Gasteiger partial charge in [0.15, 0.2) is 0 Å². The lowest BCUT2D eigenvalue weighted by Gasteiger charge is -2.27. The van der Waals surface area contributed by atoms with Crippen molar-refractivity contribution >= 4 is 38.9 Å². The number of hydrogen-bond donors (Lipinski definition) is 0. The van der Waals surface area contributed by atoms with E-state index in [0.717, 1.165) is 17.1 Å². The van der Waals surface area contributed by atoms with E-state index >= 15 is 0 Å². The second-order valence-corrected chi connectivity index (χ2v) is 13.0. The van der Waals surface area contributed by atoms with Crippen LogP contribution in [0, 0.1) is 0 Å². The van der Waals surface area contributed by atoms with E-state index in [4.69, 9.17) is 0 Å². The lowest BCUT2D eigenvalue weighted by molar-refractivity contribution is 1.18. The predicted molar refractivity (Wildman–Crippen MR) is 211 cm³/mol. The zero-order chi connectivity index (χ0) is 33.0. The number of rotatable bonds is 5. The van der Waals surface area contributed by atoms with Gasteiger partial charge in [-0.25, -0.2) is 0 Å². The van der Waals surface area contributed by atoms with Crippen LogP contribution in [0.25, 0.3) is 72.0 Å². The molecular weight excluding hydrogens is 605 g/mol. The summed E-state index contributed by atoms with van der Waals surface area (Å²) in [6, 6.07) is 70.5. The van der Waals surface area contributed by atoms with E-state index in [9.17, 15) is 0 Å². The Hall–Kier alpha value is -6.64. The van der Waals surface area contributed by atoms with Gasteiger partial charge in [-0.3, -0.25) is 0 Å². The van der Waals surface area contributed by atoms with Gasteiger partial charge < -0.3 is 9.47 Å². The monoisotopic (exact) mass is 636 g/mol. The van der Waals surface area contributed by atoms with Crippen LogP contribution in [-0.4, -0.2) is 4.57 Å². The Morgan fingerprint density at radius 1 is 0.320 bits per heavy atom. The molecular formula is C48H32N2. The van der Waals surface area contributed by atoms with Gasteiger partial charge in [0, 0.05) is 39.0 Å². The van der Waals surface area contributed by atoms with Gasteiger partial charge in [-0.2, -0.15) is 0 Å². The molecule has 0 aliphatic carbocycles. The first kappa shape index (κ1) is 28.4. The number of hydrogen-bond acceptors (Lipinski definition) is 1. The average Bonchev–Trinajstić information content (AvgIpc) is 3.47. The largest absolute Gasteiger partial charge is 0.310 e. The molecule has 0 fully saturated rings. The van der Waals surface area contributed by atoms with E-state index < -0.39 is 0 Å². The molecule has 0 N–H and O–H groups in total. The first-order valence-corrected chi connectivity index (χ1v) is 17.2. The quantitative estimate of drug-likeness (QED) is 0.182. The Morgan fingerprint density at radius 3 is 1.44 bits per heavy atom. The summed E-state index contributed by atoms with van der Waals surface area (Å²) in [5.41, 5.74) is 16.8. The third-order valence-electron chi connectivity index (χ3n) is 10.1. The van der Waals surface area contributed by atoms with Crippen molar-refractivity contribution in [2.45, 2.75) is 0 Å². The molecule has 0 radical (unpaired) electrons. The summed E-state index contributed by atoms with van der Waals surface area (Å²) in [5, 5.41) is 2.56. The van der Waals surface area contributed by atoms with E-state index in [0.29, 0.717) is 0 Å². The van der Waals surface area contributed by atoms with Gasteiger partial charge in [-0.1, -0.05) is 146 Å². The number of anilines is 3. The summed E-state index contributed by atoms with van der Waals surface area (Å²) < 4.78 is 2.48. The van der Waals surface area contributed by atoms with Gasteiger partial charge in [-0.05, 0) is 81.9 Å². The molecule has 2 heterocycles. The SMILES string of the molecule is c1ccc(-c2ccc(N(c3ccc(-c4ccccc4)cc3)c3ccc4c(c3)-c3ccccc3-c3cccc5c6ccccc6n-4c35)cc2)cc1. The molecule has 1 aromatic heterocycles. The van der Waals surface area contributed by atoms with Crippen molar-refractivity contribution in [3.63, 3.8) is 0 Å². The van der Waals surface area contributed by atoms with Crippen LogP contribution in [0.5, 0.6) is 0 Å². The lowest BCUT2D eigenvalue weighted by Crippen LogP contribution is -2.10. The van der Waals surface area contributed by atoms with Crippen LogP contribution < -0.4 is 4.90 Å². The molecule has 0 unspecified atom stereocenters. The van der Waals surface area contributed by atoms with Crippen LogP contribution in [0.2, 0.25) is 0 Å². The molecule has 0 spiro atoms. The van der Waals surface area contributed by atoms with Crippen LogP contribution in [0.1, 0.15) is 0 Å². The van der Waals surface area contributed by atoms with Gasteiger partial charge in [0.05, 0.1) is 16.7 Å². The summed E-state index contributed by atoms with van der Waals surface area (Å²) >= 11 is 0.